The van der Waals surface area contributed by atoms with Gasteiger partial charge in [-0.25, -0.2) is 0 Å². The first-order chi connectivity index (χ1) is 9.20. The van der Waals surface area contributed by atoms with Gasteiger partial charge in [0, 0.05) is 34.2 Å². The van der Waals surface area contributed by atoms with Crippen molar-refractivity contribution in [1.29, 1.82) is 5.26 Å². The molecule has 1 aromatic carbocycles. The molecule has 3 rings (SSSR count). The average Bonchev–Trinajstić information content (AvgIpc) is 2.76. The number of rotatable bonds is 2. The summed E-state index contributed by atoms with van der Waals surface area (Å²) in [7, 11) is 0. The Morgan fingerprint density at radius 1 is 1.16 bits per heavy atom. The molecule has 0 aliphatic heterocycles. The number of H-pyrrole nitrogens is 1. The molecule has 3 aromatic rings. The van der Waals surface area contributed by atoms with E-state index < -0.39 is 0 Å². The van der Waals surface area contributed by atoms with Crippen LogP contribution in [0.25, 0.3) is 21.8 Å². The van der Waals surface area contributed by atoms with Crippen molar-refractivity contribution in [2.75, 3.05) is 0 Å². The van der Waals surface area contributed by atoms with Crippen molar-refractivity contribution in [3.8, 4) is 6.07 Å². The number of benzene rings is 1. The summed E-state index contributed by atoms with van der Waals surface area (Å²) in [6, 6.07) is 10.6. The van der Waals surface area contributed by atoms with E-state index in [9.17, 15) is 5.26 Å². The predicted molar refractivity (Wildman–Crippen MR) is 76.8 cm³/mol. The minimum atomic E-state index is -0.0612. The Kier molecular flexibility index (Phi) is 2.72. The van der Waals surface area contributed by atoms with Crippen LogP contribution >= 0.6 is 0 Å². The molecule has 1 unspecified atom stereocenters. The molecule has 0 saturated heterocycles. The number of pyridine rings is 1. The fourth-order valence-electron chi connectivity index (χ4n) is 2.57. The Morgan fingerprint density at radius 2 is 2.00 bits per heavy atom. The zero-order chi connectivity index (χ0) is 13.4. The van der Waals surface area contributed by atoms with Crippen LogP contribution in [0.5, 0.6) is 0 Å². The summed E-state index contributed by atoms with van der Waals surface area (Å²) in [6.07, 6.45) is 3.66. The summed E-state index contributed by atoms with van der Waals surface area (Å²) in [5, 5.41) is 11.6. The van der Waals surface area contributed by atoms with Gasteiger partial charge in [0.25, 0.3) is 0 Å². The second kappa shape index (κ2) is 4.40. The number of hydrogen-bond donors (Lipinski definition) is 1. The van der Waals surface area contributed by atoms with Crippen LogP contribution in [0, 0.1) is 17.2 Å². The van der Waals surface area contributed by atoms with Gasteiger partial charge in [-0.2, -0.15) is 5.26 Å². The van der Waals surface area contributed by atoms with Gasteiger partial charge in [0.15, 0.2) is 0 Å². The summed E-state index contributed by atoms with van der Waals surface area (Å²) in [5.41, 5.74) is 3.23. The number of aromatic amines is 1. The quantitative estimate of drug-likeness (QED) is 0.746. The zero-order valence-electron chi connectivity index (χ0n) is 11.0. The van der Waals surface area contributed by atoms with E-state index in [0.29, 0.717) is 5.92 Å². The summed E-state index contributed by atoms with van der Waals surface area (Å²) in [6.45, 7) is 4.15. The highest BCUT2D eigenvalue weighted by molar-refractivity contribution is 6.06. The molecular weight excluding hydrogens is 234 g/mol. The van der Waals surface area contributed by atoms with Crippen LogP contribution in [0.1, 0.15) is 25.3 Å². The van der Waals surface area contributed by atoms with E-state index in [-0.39, 0.29) is 5.92 Å². The fraction of sp³-hybridized carbons (Fsp3) is 0.250. The maximum absolute atomic E-state index is 9.29. The number of nitrogens with one attached hydrogen (secondary N) is 1. The van der Waals surface area contributed by atoms with E-state index in [0.717, 1.165) is 27.4 Å². The molecule has 19 heavy (non-hydrogen) atoms. The standard InChI is InChI=1S/C16H15N3/c1-10(2)13(8-17)11-3-4-12-14-9-18-6-5-15(14)19-16(12)7-11/h3-7,9-10,13,19H,1-2H3. The Morgan fingerprint density at radius 3 is 2.74 bits per heavy atom. The first-order valence-electron chi connectivity index (χ1n) is 6.45. The van der Waals surface area contributed by atoms with E-state index in [1.165, 1.54) is 0 Å². The van der Waals surface area contributed by atoms with Gasteiger partial charge >= 0.3 is 0 Å². The van der Waals surface area contributed by atoms with E-state index in [4.69, 9.17) is 0 Å². The molecular formula is C16H15N3. The second-order valence-corrected chi connectivity index (χ2v) is 5.20. The first-order valence-corrected chi connectivity index (χ1v) is 6.45. The highest BCUT2D eigenvalue weighted by Crippen LogP contribution is 2.30. The summed E-state index contributed by atoms with van der Waals surface area (Å²) >= 11 is 0. The van der Waals surface area contributed by atoms with Crippen LogP contribution in [0.2, 0.25) is 0 Å². The zero-order valence-corrected chi connectivity index (χ0v) is 11.0. The molecule has 1 atom stereocenters. The topological polar surface area (TPSA) is 52.5 Å². The van der Waals surface area contributed by atoms with Crippen LogP contribution in [0.4, 0.5) is 0 Å². The van der Waals surface area contributed by atoms with Crippen LogP contribution in [0.15, 0.2) is 36.7 Å². The van der Waals surface area contributed by atoms with E-state index in [1.807, 2.05) is 12.3 Å². The van der Waals surface area contributed by atoms with Crippen LogP contribution in [-0.2, 0) is 0 Å². The lowest BCUT2D eigenvalue weighted by molar-refractivity contribution is 0.588. The molecule has 0 fully saturated rings. The normalized spacial score (nSPS) is 12.9. The van der Waals surface area contributed by atoms with Gasteiger partial charge in [-0.1, -0.05) is 26.0 Å². The van der Waals surface area contributed by atoms with Crippen molar-refractivity contribution in [3.63, 3.8) is 0 Å². The molecule has 0 aliphatic carbocycles. The number of nitriles is 1. The lowest BCUT2D eigenvalue weighted by Crippen LogP contribution is -2.03. The first kappa shape index (κ1) is 11.7. The average molecular weight is 249 g/mol. The van der Waals surface area contributed by atoms with E-state index >= 15 is 0 Å². The van der Waals surface area contributed by atoms with Gasteiger partial charge in [-0.05, 0) is 23.6 Å². The maximum atomic E-state index is 9.29. The fourth-order valence-corrected chi connectivity index (χ4v) is 2.57. The second-order valence-electron chi connectivity index (χ2n) is 5.20. The number of aromatic nitrogens is 2. The molecule has 0 amide bonds. The van der Waals surface area contributed by atoms with Gasteiger partial charge in [0.05, 0.1) is 12.0 Å². The van der Waals surface area contributed by atoms with Gasteiger partial charge in [-0.3, -0.25) is 4.98 Å². The molecule has 0 radical (unpaired) electrons. The Balaban J connectivity index is 2.21. The number of hydrogen-bond acceptors (Lipinski definition) is 2. The van der Waals surface area contributed by atoms with Gasteiger partial charge in [0.1, 0.15) is 0 Å². The number of fused-ring (bicyclic) bond motifs is 3. The van der Waals surface area contributed by atoms with Crippen molar-refractivity contribution in [1.82, 2.24) is 9.97 Å². The molecule has 2 heterocycles. The Bertz CT molecular complexity index is 777. The third kappa shape index (κ3) is 1.86. The maximum Gasteiger partial charge on any atom is 0.0736 e. The smallest absolute Gasteiger partial charge is 0.0736 e. The molecule has 0 aliphatic rings. The molecule has 94 valence electrons. The van der Waals surface area contributed by atoms with Crippen LogP contribution in [-0.4, -0.2) is 9.97 Å². The minimum absolute atomic E-state index is 0.0612. The van der Waals surface area contributed by atoms with Gasteiger partial charge < -0.3 is 4.98 Å². The highest BCUT2D eigenvalue weighted by atomic mass is 14.7. The van der Waals surface area contributed by atoms with E-state index in [2.05, 4.69) is 48.1 Å². The Labute approximate surface area is 111 Å². The monoisotopic (exact) mass is 249 g/mol. The van der Waals surface area contributed by atoms with Crippen molar-refractivity contribution in [2.45, 2.75) is 19.8 Å². The third-order valence-electron chi connectivity index (χ3n) is 3.59. The van der Waals surface area contributed by atoms with Crippen molar-refractivity contribution in [3.05, 3.63) is 42.2 Å². The molecule has 0 bridgehead atoms. The summed E-state index contributed by atoms with van der Waals surface area (Å²) in [4.78, 5) is 7.55. The Hall–Kier alpha value is -2.34. The van der Waals surface area contributed by atoms with Crippen molar-refractivity contribution >= 4 is 21.8 Å². The molecule has 0 saturated carbocycles. The lowest BCUT2D eigenvalue weighted by Gasteiger charge is -2.13. The largest absolute Gasteiger partial charge is 0.354 e. The van der Waals surface area contributed by atoms with Gasteiger partial charge in [-0.15, -0.1) is 0 Å². The van der Waals surface area contributed by atoms with Crippen molar-refractivity contribution < 1.29 is 0 Å². The number of nitrogens with zero attached hydrogens (tertiary/aromatic N) is 2. The van der Waals surface area contributed by atoms with Gasteiger partial charge in [0.2, 0.25) is 0 Å². The molecule has 2 aromatic heterocycles. The summed E-state index contributed by atoms with van der Waals surface area (Å²) in [5.74, 6) is 0.252. The molecule has 1 N–H and O–H groups in total. The van der Waals surface area contributed by atoms with Crippen LogP contribution < -0.4 is 0 Å². The van der Waals surface area contributed by atoms with Crippen molar-refractivity contribution in [2.24, 2.45) is 5.92 Å². The summed E-state index contributed by atoms with van der Waals surface area (Å²) < 4.78 is 0. The van der Waals surface area contributed by atoms with Crippen LogP contribution in [0.3, 0.4) is 0 Å². The minimum Gasteiger partial charge on any atom is -0.354 e. The molecule has 3 nitrogen and oxygen atoms in total. The molecule has 0 spiro atoms. The SMILES string of the molecule is CC(C)C(C#N)c1ccc2c(c1)[nH]c1ccncc12. The third-order valence-corrected chi connectivity index (χ3v) is 3.59. The molecule has 3 heteroatoms. The lowest BCUT2D eigenvalue weighted by atomic mass is 9.89. The highest BCUT2D eigenvalue weighted by Gasteiger charge is 2.16. The predicted octanol–water partition coefficient (Wildman–Crippen LogP) is 3.98. The van der Waals surface area contributed by atoms with E-state index in [1.54, 1.807) is 6.20 Å².